The van der Waals surface area contributed by atoms with Crippen LogP contribution in [-0.4, -0.2) is 49.0 Å². The molecule has 1 atom stereocenters. The number of nitrogens with two attached hydrogens (primary N) is 1. The molecular weight excluding hydrogens is 470 g/mol. The van der Waals surface area contributed by atoms with Crippen molar-refractivity contribution >= 4 is 17.9 Å². The van der Waals surface area contributed by atoms with Crippen LogP contribution in [0.15, 0.2) is 17.5 Å². The molecule has 0 saturated carbocycles. The Hall–Kier alpha value is -2.62. The lowest BCUT2D eigenvalue weighted by Gasteiger charge is -2.23. The minimum atomic E-state index is -0.527. The topological polar surface area (TPSA) is 133 Å². The van der Waals surface area contributed by atoms with Crippen LogP contribution in [0.25, 0.3) is 0 Å². The molecule has 1 fully saturated rings. The molecule has 0 bridgehead atoms. The minimum absolute atomic E-state index is 0.0993. The zero-order valence-electron chi connectivity index (χ0n) is 22.7. The number of allylic oxidation sites excluding steroid dienone is 2. The van der Waals surface area contributed by atoms with Gasteiger partial charge in [-0.3, -0.25) is 5.21 Å². The lowest BCUT2D eigenvalue weighted by molar-refractivity contribution is -0.0840. The van der Waals surface area contributed by atoms with E-state index in [-0.39, 0.29) is 5.70 Å². The molecule has 1 aromatic carbocycles. The SMILES string of the molecule is CC[C@@H](C)CCCO/C(C)=C(/C=N)N(O)NC(=O)Nc1c2c(cc3c1CCC3)CCC2.NCC1COC1. The summed E-state index contributed by atoms with van der Waals surface area (Å²) in [6.07, 6.45) is 10.3. The average molecular weight is 516 g/mol. The highest BCUT2D eigenvalue weighted by Crippen LogP contribution is 2.38. The van der Waals surface area contributed by atoms with Gasteiger partial charge in [0.1, 0.15) is 11.5 Å². The Bertz CT molecular complexity index is 925. The van der Waals surface area contributed by atoms with Gasteiger partial charge in [-0.2, -0.15) is 5.17 Å². The van der Waals surface area contributed by atoms with Crippen LogP contribution in [0.4, 0.5) is 10.5 Å². The average Bonchev–Trinajstić information content (AvgIpc) is 3.51. The molecule has 0 spiro atoms. The van der Waals surface area contributed by atoms with Gasteiger partial charge in [-0.1, -0.05) is 26.3 Å². The fraction of sp³-hybridized carbons (Fsp3) is 0.643. The summed E-state index contributed by atoms with van der Waals surface area (Å²) in [5.74, 6) is 1.71. The molecule has 1 saturated heterocycles. The summed E-state index contributed by atoms with van der Waals surface area (Å²) in [6, 6.07) is 1.78. The summed E-state index contributed by atoms with van der Waals surface area (Å²) in [4.78, 5) is 12.7. The molecule has 1 aliphatic heterocycles. The van der Waals surface area contributed by atoms with Crippen molar-refractivity contribution in [2.24, 2.45) is 17.6 Å². The van der Waals surface area contributed by atoms with Crippen molar-refractivity contribution in [1.82, 2.24) is 10.6 Å². The maximum atomic E-state index is 12.7. The Labute approximate surface area is 221 Å². The second-order valence-electron chi connectivity index (χ2n) is 10.3. The van der Waals surface area contributed by atoms with Crippen molar-refractivity contribution in [3.05, 3.63) is 39.8 Å². The molecule has 3 aliphatic rings. The van der Waals surface area contributed by atoms with Gasteiger partial charge < -0.3 is 25.9 Å². The molecule has 1 heterocycles. The second-order valence-corrected chi connectivity index (χ2v) is 10.3. The lowest BCUT2D eigenvalue weighted by atomic mass is 9.99. The van der Waals surface area contributed by atoms with E-state index in [0.717, 1.165) is 89.4 Å². The molecule has 9 nitrogen and oxygen atoms in total. The third-order valence-corrected chi connectivity index (χ3v) is 7.54. The number of amides is 2. The molecule has 0 radical (unpaired) electrons. The minimum Gasteiger partial charge on any atom is -0.496 e. The largest absolute Gasteiger partial charge is 0.496 e. The summed E-state index contributed by atoms with van der Waals surface area (Å²) < 4.78 is 10.5. The van der Waals surface area contributed by atoms with Crippen LogP contribution >= 0.6 is 0 Å². The third-order valence-electron chi connectivity index (χ3n) is 7.54. The van der Waals surface area contributed by atoms with E-state index in [0.29, 0.717) is 29.4 Å². The summed E-state index contributed by atoms with van der Waals surface area (Å²) in [7, 11) is 0. The van der Waals surface area contributed by atoms with E-state index in [1.807, 2.05) is 0 Å². The van der Waals surface area contributed by atoms with Crippen molar-refractivity contribution in [3.8, 4) is 0 Å². The zero-order valence-corrected chi connectivity index (χ0v) is 22.7. The van der Waals surface area contributed by atoms with Crippen LogP contribution in [0.1, 0.15) is 75.1 Å². The van der Waals surface area contributed by atoms with Crippen molar-refractivity contribution in [2.75, 3.05) is 31.7 Å². The fourth-order valence-electron chi connectivity index (χ4n) is 4.93. The first-order valence-corrected chi connectivity index (χ1v) is 13.7. The normalized spacial score (nSPS) is 17.3. The van der Waals surface area contributed by atoms with Gasteiger partial charge >= 0.3 is 6.03 Å². The number of nitrogens with one attached hydrogen (secondary N) is 3. The van der Waals surface area contributed by atoms with E-state index in [2.05, 4.69) is 30.7 Å². The Kier molecular flexibility index (Phi) is 11.2. The number of anilines is 1. The molecule has 0 unspecified atom stereocenters. The van der Waals surface area contributed by atoms with Gasteiger partial charge in [-0.15, -0.1) is 0 Å². The number of carbonyl (C=O) groups excluding carboxylic acids is 1. The number of benzene rings is 1. The number of hydrogen-bond donors (Lipinski definition) is 5. The number of hydrazine groups is 1. The molecule has 4 rings (SSSR count). The predicted molar refractivity (Wildman–Crippen MR) is 146 cm³/mol. The zero-order chi connectivity index (χ0) is 26.8. The predicted octanol–water partition coefficient (Wildman–Crippen LogP) is 4.71. The van der Waals surface area contributed by atoms with Gasteiger partial charge in [0.2, 0.25) is 0 Å². The number of hydroxylamine groups is 1. The van der Waals surface area contributed by atoms with Gasteiger partial charge in [0.25, 0.3) is 0 Å². The monoisotopic (exact) mass is 515 g/mol. The first-order chi connectivity index (χ1) is 17.9. The van der Waals surface area contributed by atoms with E-state index in [1.54, 1.807) is 6.92 Å². The molecule has 0 aromatic heterocycles. The molecule has 206 valence electrons. The van der Waals surface area contributed by atoms with Gasteiger partial charge in [-0.05, 0) is 93.0 Å². The number of fused-ring (bicyclic) bond motifs is 2. The van der Waals surface area contributed by atoms with Crippen molar-refractivity contribution in [2.45, 2.75) is 78.6 Å². The van der Waals surface area contributed by atoms with Gasteiger partial charge in [0.05, 0.1) is 19.8 Å². The number of ether oxygens (including phenoxy) is 2. The number of carbonyl (C=O) groups is 1. The standard InChI is InChI=1S/C24H36N4O3.C4H9NO/c1-4-16(2)8-7-13-31-17(3)22(15-25)28(30)27-24(29)26-23-20-11-5-9-18(20)14-19-10-6-12-21(19)23;5-1-4-2-6-3-4/h14-16,25,30H,4-13H2,1-3H3,(H2,26,27,29);4H,1-3,5H2/b22-17-,25-15?;/t16-;/m1./s1. The van der Waals surface area contributed by atoms with Crippen molar-refractivity contribution in [3.63, 3.8) is 0 Å². The number of urea groups is 1. The Morgan fingerprint density at radius 3 is 2.41 bits per heavy atom. The highest BCUT2D eigenvalue weighted by Gasteiger charge is 2.25. The number of hydrogen-bond acceptors (Lipinski definition) is 7. The second kappa shape index (κ2) is 14.4. The number of aryl methyl sites for hydroxylation is 2. The molecule has 9 heteroatoms. The third kappa shape index (κ3) is 7.93. The van der Waals surface area contributed by atoms with E-state index < -0.39 is 6.03 Å². The summed E-state index contributed by atoms with van der Waals surface area (Å²) >= 11 is 0. The maximum absolute atomic E-state index is 12.7. The van der Waals surface area contributed by atoms with Gasteiger partial charge in [0, 0.05) is 17.8 Å². The molecule has 2 amide bonds. The van der Waals surface area contributed by atoms with E-state index in [9.17, 15) is 10.0 Å². The van der Waals surface area contributed by atoms with Crippen LogP contribution in [0.5, 0.6) is 0 Å². The molecule has 2 aliphatic carbocycles. The van der Waals surface area contributed by atoms with Crippen LogP contribution in [0, 0.1) is 17.2 Å². The van der Waals surface area contributed by atoms with Gasteiger partial charge in [0.15, 0.2) is 0 Å². The summed E-state index contributed by atoms with van der Waals surface area (Å²) in [5.41, 5.74) is 13.8. The van der Waals surface area contributed by atoms with Crippen LogP contribution in [0.2, 0.25) is 0 Å². The molecule has 37 heavy (non-hydrogen) atoms. The molecule has 6 N–H and O–H groups in total. The first-order valence-electron chi connectivity index (χ1n) is 13.7. The molecule has 1 aromatic rings. The quantitative estimate of drug-likeness (QED) is 0.125. The fourth-order valence-corrected chi connectivity index (χ4v) is 4.93. The number of rotatable bonds is 11. The van der Waals surface area contributed by atoms with Crippen LogP contribution in [0.3, 0.4) is 0 Å². The Balaban J connectivity index is 0.000000555. The van der Waals surface area contributed by atoms with Crippen molar-refractivity contribution in [1.29, 1.82) is 5.41 Å². The Morgan fingerprint density at radius 2 is 1.92 bits per heavy atom. The smallest absolute Gasteiger partial charge is 0.339 e. The van der Waals surface area contributed by atoms with Crippen LogP contribution in [-0.2, 0) is 35.2 Å². The highest BCUT2D eigenvalue weighted by molar-refractivity contribution is 5.92. The summed E-state index contributed by atoms with van der Waals surface area (Å²) in [6.45, 7) is 9.13. The maximum Gasteiger partial charge on any atom is 0.339 e. The van der Waals surface area contributed by atoms with E-state index in [1.165, 1.54) is 22.3 Å². The Morgan fingerprint density at radius 1 is 1.27 bits per heavy atom. The van der Waals surface area contributed by atoms with E-state index in [4.69, 9.17) is 20.6 Å². The van der Waals surface area contributed by atoms with E-state index >= 15 is 0 Å². The lowest BCUT2D eigenvalue weighted by Crippen LogP contribution is -2.42. The summed E-state index contributed by atoms with van der Waals surface area (Å²) in [5, 5.41) is 21.5. The first kappa shape index (κ1) is 28.9. The van der Waals surface area contributed by atoms with Gasteiger partial charge in [-0.25, -0.2) is 10.2 Å². The van der Waals surface area contributed by atoms with Crippen LogP contribution < -0.4 is 16.5 Å². The molecular formula is C28H45N5O4. The number of nitrogens with zero attached hydrogens (tertiary/aromatic N) is 1. The highest BCUT2D eigenvalue weighted by atomic mass is 16.5. The van der Waals surface area contributed by atoms with Crippen molar-refractivity contribution < 1.29 is 19.5 Å².